The van der Waals surface area contributed by atoms with Gasteiger partial charge in [-0.15, -0.1) is 0 Å². The van der Waals surface area contributed by atoms with Crippen LogP contribution in [-0.2, 0) is 0 Å². The maximum absolute atomic E-state index is 5.93. The second-order valence-corrected chi connectivity index (χ2v) is 4.61. The zero-order valence-electron chi connectivity index (χ0n) is 10.1. The SMILES string of the molecule is Clc1ccc2cc(C#Cc3ccccc3)cnc2c1. The van der Waals surface area contributed by atoms with Crippen molar-refractivity contribution in [2.75, 3.05) is 0 Å². The van der Waals surface area contributed by atoms with Crippen LogP contribution in [0.25, 0.3) is 10.9 Å². The van der Waals surface area contributed by atoms with Crippen molar-refractivity contribution in [2.45, 2.75) is 0 Å². The minimum Gasteiger partial charge on any atom is -0.255 e. The van der Waals surface area contributed by atoms with E-state index in [-0.39, 0.29) is 0 Å². The van der Waals surface area contributed by atoms with Crippen molar-refractivity contribution in [1.29, 1.82) is 0 Å². The van der Waals surface area contributed by atoms with Gasteiger partial charge in [0.15, 0.2) is 0 Å². The molecule has 1 aromatic heterocycles. The molecule has 1 heterocycles. The summed E-state index contributed by atoms with van der Waals surface area (Å²) in [5.41, 5.74) is 2.79. The zero-order chi connectivity index (χ0) is 13.1. The summed E-state index contributed by atoms with van der Waals surface area (Å²) in [6, 6.07) is 17.6. The standard InChI is InChI=1S/C17H10ClN/c18-16-9-8-15-10-14(12-19-17(15)11-16)7-6-13-4-2-1-3-5-13/h1-5,8-12H. The van der Waals surface area contributed by atoms with Gasteiger partial charge in [-0.1, -0.05) is 47.7 Å². The van der Waals surface area contributed by atoms with Gasteiger partial charge in [-0.25, -0.2) is 0 Å². The van der Waals surface area contributed by atoms with Gasteiger partial charge in [0, 0.05) is 27.7 Å². The maximum atomic E-state index is 5.93. The summed E-state index contributed by atoms with van der Waals surface area (Å²) < 4.78 is 0. The first kappa shape index (κ1) is 11.8. The smallest absolute Gasteiger partial charge is 0.0717 e. The largest absolute Gasteiger partial charge is 0.255 e. The highest BCUT2D eigenvalue weighted by Gasteiger charge is 1.97. The average Bonchev–Trinajstić information content (AvgIpc) is 2.46. The first-order chi connectivity index (χ1) is 9.31. The topological polar surface area (TPSA) is 12.9 Å². The Morgan fingerprint density at radius 3 is 2.47 bits per heavy atom. The molecule has 90 valence electrons. The fourth-order valence-electron chi connectivity index (χ4n) is 1.83. The minimum atomic E-state index is 0.697. The van der Waals surface area contributed by atoms with Gasteiger partial charge in [0.25, 0.3) is 0 Å². The predicted molar refractivity (Wildman–Crippen MR) is 79.2 cm³/mol. The molecule has 0 N–H and O–H groups in total. The van der Waals surface area contributed by atoms with Crippen LogP contribution in [0.1, 0.15) is 11.1 Å². The summed E-state index contributed by atoms with van der Waals surface area (Å²) in [5.74, 6) is 6.24. The fourth-order valence-corrected chi connectivity index (χ4v) is 2.00. The van der Waals surface area contributed by atoms with Crippen molar-refractivity contribution < 1.29 is 0 Å². The molecule has 0 aliphatic carbocycles. The highest BCUT2D eigenvalue weighted by molar-refractivity contribution is 6.31. The molecule has 2 aromatic carbocycles. The molecule has 0 saturated heterocycles. The molecule has 0 aliphatic heterocycles. The van der Waals surface area contributed by atoms with Crippen molar-refractivity contribution in [1.82, 2.24) is 4.98 Å². The van der Waals surface area contributed by atoms with Crippen LogP contribution in [0.5, 0.6) is 0 Å². The minimum absolute atomic E-state index is 0.697. The van der Waals surface area contributed by atoms with Crippen LogP contribution >= 0.6 is 11.6 Å². The van der Waals surface area contributed by atoms with Gasteiger partial charge in [0.2, 0.25) is 0 Å². The van der Waals surface area contributed by atoms with Crippen LogP contribution in [0, 0.1) is 11.8 Å². The third-order valence-corrected chi connectivity index (χ3v) is 3.01. The molecular weight excluding hydrogens is 254 g/mol. The summed E-state index contributed by atoms with van der Waals surface area (Å²) in [6.45, 7) is 0. The number of nitrogens with zero attached hydrogens (tertiary/aromatic N) is 1. The molecule has 1 nitrogen and oxygen atoms in total. The quantitative estimate of drug-likeness (QED) is 0.552. The molecule has 0 aliphatic rings. The van der Waals surface area contributed by atoms with E-state index in [0.717, 1.165) is 22.0 Å². The molecule has 0 unspecified atom stereocenters. The van der Waals surface area contributed by atoms with Crippen molar-refractivity contribution in [3.8, 4) is 11.8 Å². The monoisotopic (exact) mass is 263 g/mol. The highest BCUT2D eigenvalue weighted by atomic mass is 35.5. The normalized spacial score (nSPS) is 9.95. The van der Waals surface area contributed by atoms with Crippen LogP contribution in [0.4, 0.5) is 0 Å². The Bertz CT molecular complexity index is 782. The Morgan fingerprint density at radius 2 is 1.63 bits per heavy atom. The molecule has 3 aromatic rings. The van der Waals surface area contributed by atoms with Gasteiger partial charge >= 0.3 is 0 Å². The second-order valence-electron chi connectivity index (χ2n) is 4.18. The van der Waals surface area contributed by atoms with E-state index < -0.39 is 0 Å². The molecule has 19 heavy (non-hydrogen) atoms. The first-order valence-corrected chi connectivity index (χ1v) is 6.31. The van der Waals surface area contributed by atoms with Crippen molar-refractivity contribution in [3.63, 3.8) is 0 Å². The van der Waals surface area contributed by atoms with Gasteiger partial charge in [-0.3, -0.25) is 4.98 Å². The van der Waals surface area contributed by atoms with Gasteiger partial charge in [0.05, 0.1) is 5.52 Å². The fraction of sp³-hybridized carbons (Fsp3) is 0. The van der Waals surface area contributed by atoms with Crippen LogP contribution in [0.15, 0.2) is 60.8 Å². The number of fused-ring (bicyclic) bond motifs is 1. The molecule has 0 saturated carbocycles. The highest BCUT2D eigenvalue weighted by Crippen LogP contribution is 2.18. The Hall–Kier alpha value is -2.30. The van der Waals surface area contributed by atoms with E-state index in [1.807, 2.05) is 54.6 Å². The average molecular weight is 264 g/mol. The molecular formula is C17H10ClN. The molecule has 0 fully saturated rings. The van der Waals surface area contributed by atoms with Crippen LogP contribution < -0.4 is 0 Å². The number of rotatable bonds is 0. The van der Waals surface area contributed by atoms with Crippen LogP contribution in [0.2, 0.25) is 5.02 Å². The maximum Gasteiger partial charge on any atom is 0.0717 e. The zero-order valence-corrected chi connectivity index (χ0v) is 10.9. The molecule has 0 bridgehead atoms. The van der Waals surface area contributed by atoms with E-state index in [0.29, 0.717) is 5.02 Å². The van der Waals surface area contributed by atoms with E-state index in [2.05, 4.69) is 16.8 Å². The first-order valence-electron chi connectivity index (χ1n) is 5.94. The van der Waals surface area contributed by atoms with Gasteiger partial charge < -0.3 is 0 Å². The van der Waals surface area contributed by atoms with E-state index in [4.69, 9.17) is 11.6 Å². The number of benzene rings is 2. The number of hydrogen-bond acceptors (Lipinski definition) is 1. The van der Waals surface area contributed by atoms with E-state index >= 15 is 0 Å². The molecule has 2 heteroatoms. The third kappa shape index (κ3) is 2.76. The number of hydrogen-bond donors (Lipinski definition) is 0. The lowest BCUT2D eigenvalue weighted by Crippen LogP contribution is -1.82. The van der Waals surface area contributed by atoms with E-state index in [1.165, 1.54) is 0 Å². The molecule has 0 amide bonds. The van der Waals surface area contributed by atoms with E-state index in [1.54, 1.807) is 6.20 Å². The van der Waals surface area contributed by atoms with Crippen LogP contribution in [0.3, 0.4) is 0 Å². The van der Waals surface area contributed by atoms with Gasteiger partial charge in [-0.2, -0.15) is 0 Å². The Morgan fingerprint density at radius 1 is 0.842 bits per heavy atom. The lowest BCUT2D eigenvalue weighted by molar-refractivity contribution is 1.39. The van der Waals surface area contributed by atoms with Gasteiger partial charge in [-0.05, 0) is 30.3 Å². The number of halogens is 1. The third-order valence-electron chi connectivity index (χ3n) is 2.77. The summed E-state index contributed by atoms with van der Waals surface area (Å²) in [5, 5.41) is 1.74. The Kier molecular flexibility index (Phi) is 3.18. The summed E-state index contributed by atoms with van der Waals surface area (Å²) in [6.07, 6.45) is 1.77. The molecule has 3 rings (SSSR count). The molecule has 0 radical (unpaired) electrons. The summed E-state index contributed by atoms with van der Waals surface area (Å²) in [4.78, 5) is 4.37. The van der Waals surface area contributed by atoms with Crippen molar-refractivity contribution in [2.24, 2.45) is 0 Å². The van der Waals surface area contributed by atoms with Crippen molar-refractivity contribution in [3.05, 3.63) is 76.9 Å². The molecule has 0 atom stereocenters. The lowest BCUT2D eigenvalue weighted by Gasteiger charge is -1.98. The second kappa shape index (κ2) is 5.14. The Balaban J connectivity index is 1.99. The van der Waals surface area contributed by atoms with Crippen LogP contribution in [-0.4, -0.2) is 4.98 Å². The Labute approximate surface area is 116 Å². The summed E-state index contributed by atoms with van der Waals surface area (Å²) >= 11 is 5.93. The van der Waals surface area contributed by atoms with E-state index in [9.17, 15) is 0 Å². The predicted octanol–water partition coefficient (Wildman–Crippen LogP) is 4.29. The van der Waals surface area contributed by atoms with Gasteiger partial charge in [0.1, 0.15) is 0 Å². The molecule has 0 spiro atoms. The van der Waals surface area contributed by atoms with Crippen molar-refractivity contribution >= 4 is 22.5 Å². The lowest BCUT2D eigenvalue weighted by atomic mass is 10.1. The number of pyridine rings is 1. The number of aromatic nitrogens is 1. The summed E-state index contributed by atoms with van der Waals surface area (Å²) in [7, 11) is 0.